The van der Waals surface area contributed by atoms with Crippen LogP contribution in [0.15, 0.2) is 66.0 Å². The van der Waals surface area contributed by atoms with Crippen molar-refractivity contribution < 1.29 is 17.9 Å². The summed E-state index contributed by atoms with van der Waals surface area (Å²) < 4.78 is 33.0. The van der Waals surface area contributed by atoms with Gasteiger partial charge in [0, 0.05) is 30.7 Å². The van der Waals surface area contributed by atoms with Gasteiger partial charge < -0.3 is 10.5 Å². The van der Waals surface area contributed by atoms with Crippen LogP contribution in [0.4, 0.5) is 0 Å². The highest BCUT2D eigenvalue weighted by atomic mass is 32.2. The van der Waals surface area contributed by atoms with Crippen LogP contribution in [0.3, 0.4) is 0 Å². The highest BCUT2D eigenvalue weighted by molar-refractivity contribution is 7.89. The van der Waals surface area contributed by atoms with E-state index in [0.717, 1.165) is 5.56 Å². The Hall–Kier alpha value is -3.30. The molecule has 1 aromatic carbocycles. The number of hydrogen-bond acceptors (Lipinski definition) is 6. The maximum atomic E-state index is 12.7. The van der Waals surface area contributed by atoms with Gasteiger partial charge >= 0.3 is 0 Å². The molecule has 0 aliphatic heterocycles. The number of benzene rings is 1. The van der Waals surface area contributed by atoms with Crippen LogP contribution in [0.25, 0.3) is 11.3 Å². The number of nitrogens with zero attached hydrogens (tertiary/aromatic N) is 2. The molecule has 0 fully saturated rings. The Morgan fingerprint density at radius 2 is 1.89 bits per heavy atom. The monoisotopic (exact) mass is 398 g/mol. The topological polar surface area (TPSA) is 124 Å². The van der Waals surface area contributed by atoms with E-state index >= 15 is 0 Å². The van der Waals surface area contributed by atoms with Crippen molar-refractivity contribution in [2.24, 2.45) is 5.73 Å². The summed E-state index contributed by atoms with van der Waals surface area (Å²) in [5.74, 6) is -0.570. The fraction of sp³-hybridized carbons (Fsp3) is 0.105. The minimum Gasteiger partial charge on any atom is -0.496 e. The number of carbonyl (C=O) groups is 1. The van der Waals surface area contributed by atoms with Gasteiger partial charge in [-0.15, -0.1) is 0 Å². The molecule has 8 nitrogen and oxygen atoms in total. The number of nitrogens with two attached hydrogens (primary N) is 1. The number of primary amides is 1. The van der Waals surface area contributed by atoms with Crippen LogP contribution in [0.5, 0.6) is 5.75 Å². The number of amides is 1. The van der Waals surface area contributed by atoms with Crippen molar-refractivity contribution in [2.75, 3.05) is 7.11 Å². The molecule has 1 amide bonds. The molecule has 2 heterocycles. The molecule has 144 valence electrons. The second-order valence-corrected chi connectivity index (χ2v) is 7.56. The van der Waals surface area contributed by atoms with Crippen LogP contribution in [-0.4, -0.2) is 31.4 Å². The lowest BCUT2D eigenvalue weighted by Gasteiger charge is -2.12. The molecule has 2 aromatic heterocycles. The number of rotatable bonds is 7. The van der Waals surface area contributed by atoms with E-state index in [0.29, 0.717) is 11.3 Å². The Morgan fingerprint density at radius 1 is 1.14 bits per heavy atom. The van der Waals surface area contributed by atoms with E-state index in [1.165, 1.54) is 25.3 Å². The number of aromatic nitrogens is 2. The molecule has 0 aliphatic carbocycles. The second-order valence-electron chi connectivity index (χ2n) is 5.80. The number of carbonyl (C=O) groups excluding carboxylic acids is 1. The van der Waals surface area contributed by atoms with Gasteiger partial charge in [0.2, 0.25) is 10.0 Å². The lowest BCUT2D eigenvalue weighted by Crippen LogP contribution is -2.24. The predicted octanol–water partition coefficient (Wildman–Crippen LogP) is 1.73. The fourth-order valence-electron chi connectivity index (χ4n) is 2.65. The summed E-state index contributed by atoms with van der Waals surface area (Å²) in [5, 5.41) is 0. The maximum absolute atomic E-state index is 12.7. The van der Waals surface area contributed by atoms with E-state index < -0.39 is 15.9 Å². The van der Waals surface area contributed by atoms with Crippen molar-refractivity contribution in [3.8, 4) is 17.0 Å². The molecular formula is C19H18N4O4S. The number of hydrogen-bond donors (Lipinski definition) is 2. The van der Waals surface area contributed by atoms with E-state index in [-0.39, 0.29) is 22.8 Å². The Morgan fingerprint density at radius 3 is 2.57 bits per heavy atom. The van der Waals surface area contributed by atoms with Crippen molar-refractivity contribution >= 4 is 15.9 Å². The van der Waals surface area contributed by atoms with Crippen LogP contribution in [0.1, 0.15) is 15.9 Å². The zero-order chi connectivity index (χ0) is 20.1. The SMILES string of the molecule is COc1ccc(S(=O)(=O)NCc2cccnc2-c2ccncc2)cc1C(N)=O. The van der Waals surface area contributed by atoms with Gasteiger partial charge in [-0.2, -0.15) is 0 Å². The van der Waals surface area contributed by atoms with Crippen LogP contribution < -0.4 is 15.2 Å². The Kier molecular flexibility index (Phi) is 5.67. The van der Waals surface area contributed by atoms with E-state index in [9.17, 15) is 13.2 Å². The van der Waals surface area contributed by atoms with E-state index in [1.807, 2.05) is 0 Å². The molecule has 0 bridgehead atoms. The third-order valence-electron chi connectivity index (χ3n) is 4.04. The molecule has 3 rings (SSSR count). The summed E-state index contributed by atoms with van der Waals surface area (Å²) in [6.45, 7) is 0.0196. The molecular weight excluding hydrogens is 380 g/mol. The van der Waals surface area contributed by atoms with Crippen molar-refractivity contribution in [1.82, 2.24) is 14.7 Å². The summed E-state index contributed by atoms with van der Waals surface area (Å²) in [7, 11) is -2.52. The first-order chi connectivity index (χ1) is 13.4. The van der Waals surface area contributed by atoms with E-state index in [1.54, 1.807) is 42.9 Å². The zero-order valence-electron chi connectivity index (χ0n) is 15.0. The van der Waals surface area contributed by atoms with Gasteiger partial charge in [0.1, 0.15) is 5.75 Å². The predicted molar refractivity (Wildman–Crippen MR) is 103 cm³/mol. The molecule has 0 saturated carbocycles. The average Bonchev–Trinajstić information content (AvgIpc) is 2.72. The van der Waals surface area contributed by atoms with Crippen LogP contribution >= 0.6 is 0 Å². The van der Waals surface area contributed by atoms with Crippen molar-refractivity contribution in [2.45, 2.75) is 11.4 Å². The van der Waals surface area contributed by atoms with E-state index in [4.69, 9.17) is 10.5 Å². The van der Waals surface area contributed by atoms with Gasteiger partial charge in [0.25, 0.3) is 5.91 Å². The Balaban J connectivity index is 1.88. The first-order valence-corrected chi connectivity index (χ1v) is 9.72. The highest BCUT2D eigenvalue weighted by Gasteiger charge is 2.19. The second kappa shape index (κ2) is 8.15. The highest BCUT2D eigenvalue weighted by Crippen LogP contribution is 2.23. The molecule has 0 radical (unpaired) electrons. The Labute approximate surface area is 162 Å². The minimum atomic E-state index is -3.89. The first-order valence-electron chi connectivity index (χ1n) is 8.24. The number of nitrogens with one attached hydrogen (secondary N) is 1. The largest absolute Gasteiger partial charge is 0.496 e. The normalized spacial score (nSPS) is 11.2. The third kappa shape index (κ3) is 4.16. The smallest absolute Gasteiger partial charge is 0.252 e. The minimum absolute atomic E-state index is 0.00997. The summed E-state index contributed by atoms with van der Waals surface area (Å²) >= 11 is 0. The molecule has 3 aromatic rings. The fourth-order valence-corrected chi connectivity index (χ4v) is 3.69. The van der Waals surface area contributed by atoms with Crippen LogP contribution in [-0.2, 0) is 16.6 Å². The molecule has 0 unspecified atom stereocenters. The molecule has 0 spiro atoms. The van der Waals surface area contributed by atoms with Crippen molar-refractivity contribution in [1.29, 1.82) is 0 Å². The molecule has 3 N–H and O–H groups in total. The Bertz CT molecular complexity index is 1100. The van der Waals surface area contributed by atoms with Crippen LogP contribution in [0.2, 0.25) is 0 Å². The third-order valence-corrected chi connectivity index (χ3v) is 5.44. The molecule has 9 heteroatoms. The summed E-state index contributed by atoms with van der Waals surface area (Å²) in [6.07, 6.45) is 4.91. The summed E-state index contributed by atoms with van der Waals surface area (Å²) in [6, 6.07) is 11.0. The summed E-state index contributed by atoms with van der Waals surface area (Å²) in [5.41, 5.74) is 7.47. The van der Waals surface area contributed by atoms with Gasteiger partial charge in [-0.1, -0.05) is 6.07 Å². The molecule has 28 heavy (non-hydrogen) atoms. The molecule has 0 aliphatic rings. The van der Waals surface area contributed by atoms with Crippen LogP contribution in [0, 0.1) is 0 Å². The molecule has 0 saturated heterocycles. The van der Waals surface area contributed by atoms with Gasteiger partial charge in [-0.3, -0.25) is 14.8 Å². The standard InChI is InChI=1S/C19H18N4O4S/c1-27-17-5-4-15(11-16(17)19(20)24)28(25,26)23-12-14-3-2-8-22-18(14)13-6-9-21-10-7-13/h2-11,23H,12H2,1H3,(H2,20,24). The average molecular weight is 398 g/mol. The number of methoxy groups -OCH3 is 1. The quantitative estimate of drug-likeness (QED) is 0.624. The maximum Gasteiger partial charge on any atom is 0.252 e. The van der Waals surface area contributed by atoms with Gasteiger partial charge in [-0.25, -0.2) is 13.1 Å². The number of sulfonamides is 1. The van der Waals surface area contributed by atoms with Crippen molar-refractivity contribution in [3.63, 3.8) is 0 Å². The molecule has 0 atom stereocenters. The zero-order valence-corrected chi connectivity index (χ0v) is 15.8. The number of pyridine rings is 2. The van der Waals surface area contributed by atoms with Gasteiger partial charge in [0.05, 0.1) is 23.3 Å². The first kappa shape index (κ1) is 19.5. The summed E-state index contributed by atoms with van der Waals surface area (Å²) in [4.78, 5) is 19.8. The number of ether oxygens (including phenoxy) is 1. The lowest BCUT2D eigenvalue weighted by atomic mass is 10.1. The van der Waals surface area contributed by atoms with Gasteiger partial charge in [-0.05, 0) is 42.0 Å². The lowest BCUT2D eigenvalue weighted by molar-refractivity contribution is 0.0997. The van der Waals surface area contributed by atoms with Crippen molar-refractivity contribution in [3.05, 3.63) is 72.2 Å². The van der Waals surface area contributed by atoms with Gasteiger partial charge in [0.15, 0.2) is 0 Å². The van der Waals surface area contributed by atoms with E-state index in [2.05, 4.69) is 14.7 Å².